The number of hydrogen-bond acceptors (Lipinski definition) is 2. The van der Waals surface area contributed by atoms with Gasteiger partial charge in [-0.1, -0.05) is 6.08 Å². The molecule has 0 saturated heterocycles. The van der Waals surface area contributed by atoms with E-state index in [1.165, 1.54) is 17.7 Å². The fourth-order valence-electron chi connectivity index (χ4n) is 1.09. The highest BCUT2D eigenvalue weighted by atomic mass is 32.1. The van der Waals surface area contributed by atoms with Crippen LogP contribution >= 0.6 is 11.3 Å². The van der Waals surface area contributed by atoms with E-state index in [9.17, 15) is 0 Å². The van der Waals surface area contributed by atoms with Crippen molar-refractivity contribution in [1.82, 2.24) is 0 Å². The lowest BCUT2D eigenvalue weighted by atomic mass is 10.3. The van der Waals surface area contributed by atoms with E-state index in [1.807, 2.05) is 6.07 Å². The van der Waals surface area contributed by atoms with Crippen LogP contribution < -0.4 is 0 Å². The van der Waals surface area contributed by atoms with Crippen LogP contribution in [0.3, 0.4) is 0 Å². The van der Waals surface area contributed by atoms with Crippen LogP contribution in [0.5, 0.6) is 0 Å². The molecule has 1 heterocycles. The SMILES string of the molecule is OCc1ccc(/C=C/C2CC2)s1. The summed E-state index contributed by atoms with van der Waals surface area (Å²) in [6.07, 6.45) is 7.15. The molecule has 2 rings (SSSR count). The first-order chi connectivity index (χ1) is 5.88. The van der Waals surface area contributed by atoms with E-state index in [2.05, 4.69) is 18.2 Å². The van der Waals surface area contributed by atoms with Crippen LogP contribution in [0.1, 0.15) is 22.6 Å². The fraction of sp³-hybridized carbons (Fsp3) is 0.400. The summed E-state index contributed by atoms with van der Waals surface area (Å²) < 4.78 is 0. The Morgan fingerprint density at radius 2 is 2.33 bits per heavy atom. The van der Waals surface area contributed by atoms with Gasteiger partial charge in [0.05, 0.1) is 6.61 Å². The van der Waals surface area contributed by atoms with Crippen molar-refractivity contribution in [3.8, 4) is 0 Å². The second-order valence-electron chi connectivity index (χ2n) is 3.16. The van der Waals surface area contributed by atoms with Crippen LogP contribution in [0.2, 0.25) is 0 Å². The standard InChI is InChI=1S/C10H12OS/c11-7-10-6-5-9(12-10)4-3-8-1-2-8/h3-6,8,11H,1-2,7H2/b4-3+. The van der Waals surface area contributed by atoms with Gasteiger partial charge in [0.25, 0.3) is 0 Å². The molecule has 0 spiro atoms. The number of rotatable bonds is 3. The minimum Gasteiger partial charge on any atom is -0.391 e. The minimum absolute atomic E-state index is 0.169. The normalized spacial score (nSPS) is 17.4. The van der Waals surface area contributed by atoms with E-state index in [4.69, 9.17) is 5.11 Å². The number of aliphatic hydroxyl groups excluding tert-OH is 1. The summed E-state index contributed by atoms with van der Waals surface area (Å²) >= 11 is 1.67. The van der Waals surface area contributed by atoms with Crippen molar-refractivity contribution in [2.45, 2.75) is 19.4 Å². The lowest BCUT2D eigenvalue weighted by molar-refractivity contribution is 0.285. The molecule has 1 nitrogen and oxygen atoms in total. The fourth-order valence-corrected chi connectivity index (χ4v) is 1.87. The molecule has 0 bridgehead atoms. The van der Waals surface area contributed by atoms with Crippen molar-refractivity contribution in [1.29, 1.82) is 0 Å². The van der Waals surface area contributed by atoms with Crippen molar-refractivity contribution >= 4 is 17.4 Å². The van der Waals surface area contributed by atoms with Gasteiger partial charge in [-0.15, -0.1) is 11.3 Å². The highest BCUT2D eigenvalue weighted by Crippen LogP contribution is 2.31. The molecular weight excluding hydrogens is 168 g/mol. The van der Waals surface area contributed by atoms with Gasteiger partial charge in [0.2, 0.25) is 0 Å². The molecule has 0 aliphatic heterocycles. The van der Waals surface area contributed by atoms with Crippen LogP contribution in [0.4, 0.5) is 0 Å². The third-order valence-electron chi connectivity index (χ3n) is 1.99. The van der Waals surface area contributed by atoms with E-state index >= 15 is 0 Å². The number of thiophene rings is 1. The smallest absolute Gasteiger partial charge is 0.0774 e. The zero-order chi connectivity index (χ0) is 8.39. The Kier molecular flexibility index (Phi) is 2.28. The molecule has 12 heavy (non-hydrogen) atoms. The number of allylic oxidation sites excluding steroid dienone is 1. The Labute approximate surface area is 76.4 Å². The maximum atomic E-state index is 8.83. The molecular formula is C10H12OS. The van der Waals surface area contributed by atoms with Gasteiger partial charge < -0.3 is 5.11 Å². The van der Waals surface area contributed by atoms with Gasteiger partial charge in [-0.25, -0.2) is 0 Å². The molecule has 1 N–H and O–H groups in total. The predicted octanol–water partition coefficient (Wildman–Crippen LogP) is 2.66. The zero-order valence-electron chi connectivity index (χ0n) is 6.86. The summed E-state index contributed by atoms with van der Waals surface area (Å²) in [7, 11) is 0. The van der Waals surface area contributed by atoms with E-state index in [0.29, 0.717) is 0 Å². The average molecular weight is 180 g/mol. The molecule has 0 aromatic carbocycles. The first-order valence-corrected chi connectivity index (χ1v) is 5.08. The summed E-state index contributed by atoms with van der Waals surface area (Å²) in [6, 6.07) is 4.05. The number of hydrogen-bond donors (Lipinski definition) is 1. The van der Waals surface area contributed by atoms with Gasteiger partial charge >= 0.3 is 0 Å². The van der Waals surface area contributed by atoms with Crippen LogP contribution in [-0.4, -0.2) is 5.11 Å². The van der Waals surface area contributed by atoms with E-state index in [-0.39, 0.29) is 6.61 Å². The third kappa shape index (κ3) is 1.96. The summed E-state index contributed by atoms with van der Waals surface area (Å²) in [6.45, 7) is 0.169. The molecule has 1 saturated carbocycles. The van der Waals surface area contributed by atoms with Crippen LogP contribution in [0.15, 0.2) is 18.2 Å². The van der Waals surface area contributed by atoms with E-state index < -0.39 is 0 Å². The monoisotopic (exact) mass is 180 g/mol. The molecule has 2 heteroatoms. The summed E-state index contributed by atoms with van der Waals surface area (Å²) in [5.41, 5.74) is 0. The Morgan fingerprint density at radius 3 is 2.92 bits per heavy atom. The Morgan fingerprint density at radius 1 is 1.50 bits per heavy atom. The molecule has 1 aromatic heterocycles. The maximum Gasteiger partial charge on any atom is 0.0774 e. The van der Waals surface area contributed by atoms with E-state index in [0.717, 1.165) is 10.8 Å². The molecule has 0 radical (unpaired) electrons. The topological polar surface area (TPSA) is 20.2 Å². The molecule has 0 unspecified atom stereocenters. The highest BCUT2D eigenvalue weighted by molar-refractivity contribution is 7.12. The summed E-state index contributed by atoms with van der Waals surface area (Å²) in [5.74, 6) is 0.838. The molecule has 1 aromatic rings. The molecule has 1 aliphatic rings. The molecule has 0 amide bonds. The molecule has 1 aliphatic carbocycles. The second kappa shape index (κ2) is 3.42. The third-order valence-corrected chi connectivity index (χ3v) is 3.03. The van der Waals surface area contributed by atoms with Crippen LogP contribution in [0.25, 0.3) is 6.08 Å². The predicted molar refractivity (Wildman–Crippen MR) is 52.0 cm³/mol. The van der Waals surface area contributed by atoms with Gasteiger partial charge in [0, 0.05) is 9.75 Å². The van der Waals surface area contributed by atoms with Crippen molar-refractivity contribution in [2.75, 3.05) is 0 Å². The largest absolute Gasteiger partial charge is 0.391 e. The molecule has 0 atom stereocenters. The van der Waals surface area contributed by atoms with E-state index in [1.54, 1.807) is 11.3 Å². The van der Waals surface area contributed by atoms with Crippen molar-refractivity contribution in [2.24, 2.45) is 5.92 Å². The quantitative estimate of drug-likeness (QED) is 0.758. The Hall–Kier alpha value is -0.600. The van der Waals surface area contributed by atoms with Gasteiger partial charge in [-0.2, -0.15) is 0 Å². The van der Waals surface area contributed by atoms with Gasteiger partial charge in [-0.3, -0.25) is 0 Å². The van der Waals surface area contributed by atoms with Crippen molar-refractivity contribution in [3.63, 3.8) is 0 Å². The molecule has 64 valence electrons. The van der Waals surface area contributed by atoms with Gasteiger partial charge in [0.15, 0.2) is 0 Å². The summed E-state index contributed by atoms with van der Waals surface area (Å²) in [5, 5.41) is 8.83. The van der Waals surface area contributed by atoms with Crippen LogP contribution in [0, 0.1) is 5.92 Å². The average Bonchev–Trinajstić information content (AvgIpc) is 2.81. The number of aliphatic hydroxyl groups is 1. The van der Waals surface area contributed by atoms with Gasteiger partial charge in [0.1, 0.15) is 0 Å². The second-order valence-corrected chi connectivity index (χ2v) is 4.36. The lowest BCUT2D eigenvalue weighted by Gasteiger charge is -1.84. The molecule has 1 fully saturated rings. The van der Waals surface area contributed by atoms with Crippen molar-refractivity contribution < 1.29 is 5.11 Å². The lowest BCUT2D eigenvalue weighted by Crippen LogP contribution is -1.69. The first kappa shape index (κ1) is 8.02. The van der Waals surface area contributed by atoms with Crippen molar-refractivity contribution in [3.05, 3.63) is 28.0 Å². The van der Waals surface area contributed by atoms with Gasteiger partial charge in [-0.05, 0) is 37.0 Å². The zero-order valence-corrected chi connectivity index (χ0v) is 7.68. The highest BCUT2D eigenvalue weighted by Gasteiger charge is 2.16. The first-order valence-electron chi connectivity index (χ1n) is 4.26. The Balaban J connectivity index is 2.01. The van der Waals surface area contributed by atoms with Crippen LogP contribution in [-0.2, 0) is 6.61 Å². The Bertz CT molecular complexity index is 284. The minimum atomic E-state index is 0.169. The summed E-state index contributed by atoms with van der Waals surface area (Å²) in [4.78, 5) is 2.30. The maximum absolute atomic E-state index is 8.83.